The zero-order valence-electron chi connectivity index (χ0n) is 10.7. The predicted octanol–water partition coefficient (Wildman–Crippen LogP) is 3.30. The van der Waals surface area contributed by atoms with Gasteiger partial charge in [-0.1, -0.05) is 30.1 Å². The van der Waals surface area contributed by atoms with Gasteiger partial charge in [0.05, 0.1) is 10.0 Å². The number of aromatic amines is 1. The molecule has 2 rings (SSSR count). The lowest BCUT2D eigenvalue weighted by Crippen LogP contribution is -2.20. The molecule has 0 radical (unpaired) electrons. The van der Waals surface area contributed by atoms with Crippen LogP contribution in [0.2, 0.25) is 10.0 Å². The van der Waals surface area contributed by atoms with E-state index in [9.17, 15) is 4.79 Å². The number of halogens is 2. The summed E-state index contributed by atoms with van der Waals surface area (Å²) in [5, 5.41) is 10.2. The van der Waals surface area contributed by atoms with Crippen molar-refractivity contribution >= 4 is 34.9 Å². The molecule has 1 aromatic heterocycles. The molecule has 0 unspecified atom stereocenters. The maximum absolute atomic E-state index is 11.7. The minimum Gasteiger partial charge on any atom is -0.484 e. The summed E-state index contributed by atoms with van der Waals surface area (Å²) in [4.78, 5) is 11.7. The van der Waals surface area contributed by atoms with Crippen molar-refractivity contribution in [3.05, 3.63) is 40.0 Å². The number of hydrogen-bond donors (Lipinski definition) is 2. The van der Waals surface area contributed by atoms with E-state index in [2.05, 4.69) is 15.5 Å². The topological polar surface area (TPSA) is 67.0 Å². The molecule has 0 saturated heterocycles. The summed E-state index contributed by atoms with van der Waals surface area (Å²) in [5.74, 6) is 0.653. The third-order valence-electron chi connectivity index (χ3n) is 2.54. The Kier molecular flexibility index (Phi) is 4.87. The van der Waals surface area contributed by atoms with E-state index in [1.165, 1.54) is 0 Å². The number of aromatic nitrogens is 2. The molecule has 0 spiro atoms. The Balaban J connectivity index is 1.87. The van der Waals surface area contributed by atoms with Gasteiger partial charge < -0.3 is 10.1 Å². The zero-order valence-corrected chi connectivity index (χ0v) is 12.3. The van der Waals surface area contributed by atoms with Gasteiger partial charge in [-0.25, -0.2) is 0 Å². The molecule has 0 bridgehead atoms. The highest BCUT2D eigenvalue weighted by atomic mass is 35.5. The molecule has 2 N–H and O–H groups in total. The van der Waals surface area contributed by atoms with Crippen molar-refractivity contribution in [1.29, 1.82) is 0 Å². The van der Waals surface area contributed by atoms with E-state index >= 15 is 0 Å². The number of hydrogen-bond acceptors (Lipinski definition) is 3. The number of carbonyl (C=O) groups excluding carboxylic acids is 1. The summed E-state index contributed by atoms with van der Waals surface area (Å²) in [6, 6.07) is 6.58. The van der Waals surface area contributed by atoms with Crippen LogP contribution in [0.3, 0.4) is 0 Å². The first kappa shape index (κ1) is 14.7. The third-order valence-corrected chi connectivity index (χ3v) is 3.28. The van der Waals surface area contributed by atoms with Crippen LogP contribution in [0.4, 0.5) is 5.82 Å². The second kappa shape index (κ2) is 6.63. The number of ether oxygens (including phenoxy) is 1. The van der Waals surface area contributed by atoms with Crippen molar-refractivity contribution < 1.29 is 9.53 Å². The molecule has 0 aliphatic carbocycles. The Morgan fingerprint density at radius 2 is 2.15 bits per heavy atom. The Labute approximate surface area is 126 Å². The normalized spacial score (nSPS) is 10.3. The summed E-state index contributed by atoms with van der Waals surface area (Å²) in [5.41, 5.74) is 0.950. The molecular formula is C13H13Cl2N3O2. The van der Waals surface area contributed by atoms with Crippen LogP contribution in [-0.2, 0) is 11.2 Å². The second-order valence-corrected chi connectivity index (χ2v) is 4.86. The van der Waals surface area contributed by atoms with Crippen molar-refractivity contribution in [3.63, 3.8) is 0 Å². The molecule has 20 heavy (non-hydrogen) atoms. The average molecular weight is 314 g/mol. The monoisotopic (exact) mass is 313 g/mol. The number of amides is 1. The maximum Gasteiger partial charge on any atom is 0.263 e. The first-order valence-corrected chi connectivity index (χ1v) is 6.76. The number of H-pyrrole nitrogens is 1. The molecule has 0 fully saturated rings. The minimum absolute atomic E-state index is 0.133. The van der Waals surface area contributed by atoms with E-state index in [4.69, 9.17) is 27.9 Å². The van der Waals surface area contributed by atoms with Gasteiger partial charge in [-0.05, 0) is 18.6 Å². The van der Waals surface area contributed by atoms with E-state index in [1.54, 1.807) is 24.3 Å². The van der Waals surface area contributed by atoms with Gasteiger partial charge in [0.2, 0.25) is 0 Å². The van der Waals surface area contributed by atoms with Crippen molar-refractivity contribution in [1.82, 2.24) is 10.2 Å². The van der Waals surface area contributed by atoms with E-state index in [0.717, 1.165) is 12.1 Å². The molecule has 1 heterocycles. The van der Waals surface area contributed by atoms with Gasteiger partial charge >= 0.3 is 0 Å². The fourth-order valence-corrected chi connectivity index (χ4v) is 1.79. The van der Waals surface area contributed by atoms with Gasteiger partial charge in [0.25, 0.3) is 5.91 Å². The molecule has 2 aromatic rings. The molecule has 1 amide bonds. The highest BCUT2D eigenvalue weighted by Gasteiger charge is 2.07. The SMILES string of the molecule is CCc1cc(NC(=O)COc2ccc(Cl)c(Cl)c2)n[nH]1. The predicted molar refractivity (Wildman–Crippen MR) is 78.6 cm³/mol. The zero-order chi connectivity index (χ0) is 14.5. The highest BCUT2D eigenvalue weighted by Crippen LogP contribution is 2.26. The van der Waals surface area contributed by atoms with Crippen molar-refractivity contribution in [3.8, 4) is 5.75 Å². The van der Waals surface area contributed by atoms with E-state index in [-0.39, 0.29) is 12.5 Å². The smallest absolute Gasteiger partial charge is 0.263 e. The standard InChI is InChI=1S/C13H13Cl2N3O2/c1-2-8-5-12(18-17-8)16-13(19)7-20-9-3-4-10(14)11(15)6-9/h3-6H,2,7H2,1H3,(H2,16,17,18,19). The third kappa shape index (κ3) is 3.88. The van der Waals surface area contributed by atoms with Crippen LogP contribution in [0.25, 0.3) is 0 Å². The maximum atomic E-state index is 11.7. The molecule has 1 aromatic carbocycles. The minimum atomic E-state index is -0.301. The van der Waals surface area contributed by atoms with Crippen molar-refractivity contribution in [2.75, 3.05) is 11.9 Å². The fraction of sp³-hybridized carbons (Fsp3) is 0.231. The fourth-order valence-electron chi connectivity index (χ4n) is 1.50. The highest BCUT2D eigenvalue weighted by molar-refractivity contribution is 6.42. The average Bonchev–Trinajstić information content (AvgIpc) is 2.88. The van der Waals surface area contributed by atoms with Crippen LogP contribution in [0.5, 0.6) is 5.75 Å². The van der Waals surface area contributed by atoms with Gasteiger partial charge in [0, 0.05) is 17.8 Å². The number of nitrogens with zero attached hydrogens (tertiary/aromatic N) is 1. The Hall–Kier alpha value is -1.72. The van der Waals surface area contributed by atoms with Crippen molar-refractivity contribution in [2.24, 2.45) is 0 Å². The second-order valence-electron chi connectivity index (χ2n) is 4.04. The quantitative estimate of drug-likeness (QED) is 0.890. The van der Waals surface area contributed by atoms with Crippen LogP contribution < -0.4 is 10.1 Å². The van der Waals surface area contributed by atoms with Crippen molar-refractivity contribution in [2.45, 2.75) is 13.3 Å². The molecule has 5 nitrogen and oxygen atoms in total. The largest absolute Gasteiger partial charge is 0.484 e. The molecule has 0 saturated carbocycles. The summed E-state index contributed by atoms with van der Waals surface area (Å²) < 4.78 is 5.32. The number of nitrogens with one attached hydrogen (secondary N) is 2. The van der Waals surface area contributed by atoms with Crippen LogP contribution in [0, 0.1) is 0 Å². The summed E-state index contributed by atoms with van der Waals surface area (Å²) in [6.45, 7) is 1.86. The van der Waals surface area contributed by atoms with E-state index < -0.39 is 0 Å². The van der Waals surface area contributed by atoms with Crippen LogP contribution >= 0.6 is 23.2 Å². The van der Waals surface area contributed by atoms with Gasteiger partial charge in [-0.2, -0.15) is 5.10 Å². The molecular weight excluding hydrogens is 301 g/mol. The van der Waals surface area contributed by atoms with Gasteiger partial charge in [0.15, 0.2) is 12.4 Å². The lowest BCUT2D eigenvalue weighted by atomic mass is 10.3. The van der Waals surface area contributed by atoms with Gasteiger partial charge in [-0.15, -0.1) is 0 Å². The Morgan fingerprint density at radius 3 is 2.80 bits per heavy atom. The number of aryl methyl sites for hydroxylation is 1. The van der Waals surface area contributed by atoms with Crippen LogP contribution in [0.1, 0.15) is 12.6 Å². The first-order chi connectivity index (χ1) is 9.58. The first-order valence-electron chi connectivity index (χ1n) is 6.00. The number of anilines is 1. The van der Waals surface area contributed by atoms with Crippen LogP contribution in [0.15, 0.2) is 24.3 Å². The molecule has 0 atom stereocenters. The molecule has 106 valence electrons. The lowest BCUT2D eigenvalue weighted by Gasteiger charge is -2.06. The summed E-state index contributed by atoms with van der Waals surface area (Å²) in [7, 11) is 0. The number of rotatable bonds is 5. The Bertz CT molecular complexity index is 613. The van der Waals surface area contributed by atoms with Gasteiger partial charge in [-0.3, -0.25) is 9.89 Å². The lowest BCUT2D eigenvalue weighted by molar-refractivity contribution is -0.118. The molecule has 0 aliphatic rings. The number of benzene rings is 1. The summed E-state index contributed by atoms with van der Waals surface area (Å²) in [6.07, 6.45) is 0.822. The molecule has 7 heteroatoms. The van der Waals surface area contributed by atoms with E-state index in [1.807, 2.05) is 6.92 Å². The Morgan fingerprint density at radius 1 is 1.35 bits per heavy atom. The summed E-state index contributed by atoms with van der Waals surface area (Å²) >= 11 is 11.6. The number of carbonyl (C=O) groups is 1. The van der Waals surface area contributed by atoms with Crippen LogP contribution in [-0.4, -0.2) is 22.7 Å². The van der Waals surface area contributed by atoms with Gasteiger partial charge in [0.1, 0.15) is 5.75 Å². The molecule has 0 aliphatic heterocycles. The van der Waals surface area contributed by atoms with E-state index in [0.29, 0.717) is 21.6 Å².